The highest BCUT2D eigenvalue weighted by Gasteiger charge is 2.29. The molecule has 25 heavy (non-hydrogen) atoms. The number of imidazole rings is 1. The molecule has 2 aliphatic rings. The van der Waals surface area contributed by atoms with E-state index in [9.17, 15) is 5.11 Å². The Morgan fingerprint density at radius 1 is 1.20 bits per heavy atom. The predicted octanol–water partition coefficient (Wildman–Crippen LogP) is 2.92. The summed E-state index contributed by atoms with van der Waals surface area (Å²) in [5.74, 6) is 1.18. The minimum absolute atomic E-state index is 0.293. The largest absolute Gasteiger partial charge is 0.391 e. The zero-order valence-corrected chi connectivity index (χ0v) is 15.2. The molecule has 4 rings (SSSR count). The second-order valence-electron chi connectivity index (χ2n) is 7.68. The zero-order chi connectivity index (χ0) is 17.2. The first-order valence-corrected chi connectivity index (χ1v) is 9.71. The highest BCUT2D eigenvalue weighted by Crippen LogP contribution is 2.30. The molecule has 4 heteroatoms. The second kappa shape index (κ2) is 7.30. The number of hydrogen-bond acceptors (Lipinski definition) is 3. The predicted molar refractivity (Wildman–Crippen MR) is 99.9 cm³/mol. The lowest BCUT2D eigenvalue weighted by atomic mass is 10.0. The molecule has 134 valence electrons. The van der Waals surface area contributed by atoms with E-state index in [0.29, 0.717) is 6.04 Å². The molecule has 1 N–H and O–H groups in total. The summed E-state index contributed by atoms with van der Waals surface area (Å²) < 4.78 is 2.51. The van der Waals surface area contributed by atoms with Crippen LogP contribution in [-0.4, -0.2) is 45.3 Å². The highest BCUT2D eigenvalue weighted by atomic mass is 16.3. The van der Waals surface area contributed by atoms with E-state index in [1.54, 1.807) is 0 Å². The Bertz CT molecular complexity index is 709. The quantitative estimate of drug-likeness (QED) is 0.911. The van der Waals surface area contributed by atoms with Crippen molar-refractivity contribution in [2.24, 2.45) is 0 Å². The molecule has 1 aliphatic carbocycles. The number of aliphatic hydroxyl groups is 1. The van der Waals surface area contributed by atoms with Crippen LogP contribution in [0.5, 0.6) is 0 Å². The van der Waals surface area contributed by atoms with Crippen molar-refractivity contribution in [3.63, 3.8) is 0 Å². The third kappa shape index (κ3) is 3.65. The average Bonchev–Trinajstić information content (AvgIpc) is 3.18. The van der Waals surface area contributed by atoms with Gasteiger partial charge in [0.1, 0.15) is 5.82 Å². The number of β-amino-alcohol motifs (C(OH)–C–C–N with tert-alkyl or cyclic N) is 1. The summed E-state index contributed by atoms with van der Waals surface area (Å²) in [6.07, 6.45) is 6.53. The normalized spacial score (nSPS) is 22.1. The van der Waals surface area contributed by atoms with Crippen LogP contribution in [-0.2, 0) is 19.3 Å². The molecule has 2 atom stereocenters. The Labute approximate surface area is 150 Å². The van der Waals surface area contributed by atoms with Gasteiger partial charge in [-0.3, -0.25) is 4.90 Å². The van der Waals surface area contributed by atoms with E-state index in [2.05, 4.69) is 28.5 Å². The van der Waals surface area contributed by atoms with E-state index in [1.165, 1.54) is 48.5 Å². The third-order valence-corrected chi connectivity index (χ3v) is 5.74. The summed E-state index contributed by atoms with van der Waals surface area (Å²) in [4.78, 5) is 7.26. The van der Waals surface area contributed by atoms with E-state index in [4.69, 9.17) is 4.98 Å². The van der Waals surface area contributed by atoms with Crippen LogP contribution in [0.1, 0.15) is 48.1 Å². The van der Waals surface area contributed by atoms with Gasteiger partial charge < -0.3 is 9.67 Å². The average molecular weight is 339 g/mol. The summed E-state index contributed by atoms with van der Waals surface area (Å²) in [7, 11) is 0. The number of likely N-dealkylation sites (tertiary alicyclic amines) is 1. The topological polar surface area (TPSA) is 41.3 Å². The van der Waals surface area contributed by atoms with Crippen molar-refractivity contribution in [2.45, 2.75) is 57.6 Å². The lowest BCUT2D eigenvalue weighted by Gasteiger charge is -2.22. The Morgan fingerprint density at radius 2 is 2.00 bits per heavy atom. The lowest BCUT2D eigenvalue weighted by molar-refractivity contribution is 0.123. The van der Waals surface area contributed by atoms with Crippen molar-refractivity contribution in [1.29, 1.82) is 0 Å². The molecule has 1 saturated heterocycles. The van der Waals surface area contributed by atoms with Crippen LogP contribution in [0, 0.1) is 6.92 Å². The minimum atomic E-state index is -0.293. The Balaban J connectivity index is 1.38. The number of benzene rings is 1. The van der Waals surface area contributed by atoms with Crippen LogP contribution in [0.4, 0.5) is 0 Å². The first kappa shape index (κ1) is 16.8. The second-order valence-corrected chi connectivity index (χ2v) is 7.68. The molecule has 0 spiro atoms. The van der Waals surface area contributed by atoms with Gasteiger partial charge in [0.25, 0.3) is 0 Å². The number of hydrogen-bond donors (Lipinski definition) is 1. The van der Waals surface area contributed by atoms with E-state index in [-0.39, 0.29) is 6.10 Å². The molecule has 1 aromatic heterocycles. The maximum Gasteiger partial charge on any atom is 0.106 e. The van der Waals surface area contributed by atoms with Gasteiger partial charge >= 0.3 is 0 Å². The molecule has 0 radical (unpaired) electrons. The van der Waals surface area contributed by atoms with E-state index in [0.717, 1.165) is 32.5 Å². The fourth-order valence-corrected chi connectivity index (χ4v) is 4.62. The van der Waals surface area contributed by atoms with Crippen LogP contribution in [0.2, 0.25) is 0 Å². The summed E-state index contributed by atoms with van der Waals surface area (Å²) in [5, 5.41) is 10.5. The van der Waals surface area contributed by atoms with Gasteiger partial charge in [-0.25, -0.2) is 4.98 Å². The summed E-state index contributed by atoms with van der Waals surface area (Å²) >= 11 is 0. The van der Waals surface area contributed by atoms with Crippen LogP contribution in [0.15, 0.2) is 30.3 Å². The first-order chi connectivity index (χ1) is 12.2. The van der Waals surface area contributed by atoms with Crippen molar-refractivity contribution in [2.75, 3.05) is 19.6 Å². The zero-order valence-electron chi connectivity index (χ0n) is 15.2. The molecule has 1 fully saturated rings. The number of nitrogens with zero attached hydrogens (tertiary/aromatic N) is 3. The molecule has 1 aliphatic heterocycles. The molecule has 2 heterocycles. The number of fused-ring (bicyclic) bond motifs is 1. The van der Waals surface area contributed by atoms with Crippen LogP contribution < -0.4 is 0 Å². The number of aryl methyl sites for hydroxylation is 2. The van der Waals surface area contributed by atoms with Crippen molar-refractivity contribution >= 4 is 0 Å². The Kier molecular flexibility index (Phi) is 4.91. The van der Waals surface area contributed by atoms with Gasteiger partial charge in [0, 0.05) is 31.4 Å². The summed E-state index contributed by atoms with van der Waals surface area (Å²) in [5.41, 5.74) is 4.04. The molecule has 4 nitrogen and oxygen atoms in total. The smallest absolute Gasteiger partial charge is 0.106 e. The van der Waals surface area contributed by atoms with Gasteiger partial charge in [-0.2, -0.15) is 0 Å². The van der Waals surface area contributed by atoms with Crippen molar-refractivity contribution in [3.8, 4) is 0 Å². The van der Waals surface area contributed by atoms with Gasteiger partial charge in [0.2, 0.25) is 0 Å². The van der Waals surface area contributed by atoms with Gasteiger partial charge in [-0.15, -0.1) is 0 Å². The minimum Gasteiger partial charge on any atom is -0.391 e. The molecule has 0 amide bonds. The van der Waals surface area contributed by atoms with Crippen LogP contribution >= 0.6 is 0 Å². The number of aliphatic hydroxyl groups excluding tert-OH is 1. The molecule has 2 unspecified atom stereocenters. The fourth-order valence-electron chi connectivity index (χ4n) is 4.62. The molecule has 0 bridgehead atoms. The number of aromatic nitrogens is 2. The standard InChI is InChI=1S/C21H29N3O/c1-16-22-20-9-5-6-10-21(20)24(16)18-11-12-23(14-18)15-19(25)13-17-7-3-2-4-8-17/h2-4,7-8,18-19,25H,5-6,9-15H2,1H3. The van der Waals surface area contributed by atoms with E-state index < -0.39 is 0 Å². The maximum absolute atomic E-state index is 10.5. The monoisotopic (exact) mass is 339 g/mol. The summed E-state index contributed by atoms with van der Waals surface area (Å²) in [6, 6.07) is 10.8. The summed E-state index contributed by atoms with van der Waals surface area (Å²) in [6.45, 7) is 5.03. The van der Waals surface area contributed by atoms with Gasteiger partial charge in [0.05, 0.1) is 11.8 Å². The number of rotatable bonds is 5. The van der Waals surface area contributed by atoms with Crippen LogP contribution in [0.25, 0.3) is 0 Å². The van der Waals surface area contributed by atoms with Gasteiger partial charge in [-0.1, -0.05) is 30.3 Å². The maximum atomic E-state index is 10.5. The van der Waals surface area contributed by atoms with Gasteiger partial charge in [0.15, 0.2) is 0 Å². The highest BCUT2D eigenvalue weighted by molar-refractivity contribution is 5.21. The van der Waals surface area contributed by atoms with Gasteiger partial charge in [-0.05, 0) is 51.0 Å². The third-order valence-electron chi connectivity index (χ3n) is 5.74. The molecule has 1 aromatic carbocycles. The Morgan fingerprint density at radius 3 is 2.84 bits per heavy atom. The first-order valence-electron chi connectivity index (χ1n) is 9.71. The molecule has 0 saturated carbocycles. The van der Waals surface area contributed by atoms with Crippen LogP contribution in [0.3, 0.4) is 0 Å². The van der Waals surface area contributed by atoms with E-state index >= 15 is 0 Å². The van der Waals surface area contributed by atoms with Crippen molar-refractivity contribution < 1.29 is 5.11 Å². The fraction of sp³-hybridized carbons (Fsp3) is 0.571. The molecule has 2 aromatic rings. The molecular formula is C21H29N3O. The van der Waals surface area contributed by atoms with Crippen molar-refractivity contribution in [3.05, 3.63) is 53.1 Å². The van der Waals surface area contributed by atoms with Crippen molar-refractivity contribution in [1.82, 2.24) is 14.5 Å². The Hall–Kier alpha value is -1.65. The SMILES string of the molecule is Cc1nc2c(n1C1CCN(CC(O)Cc3ccccc3)C1)CCCC2. The van der Waals surface area contributed by atoms with E-state index in [1.807, 2.05) is 18.2 Å². The lowest BCUT2D eigenvalue weighted by Crippen LogP contribution is -2.32. The molecular weight excluding hydrogens is 310 g/mol.